The maximum absolute atomic E-state index is 12.7. The third-order valence-electron chi connectivity index (χ3n) is 4.53. The Morgan fingerprint density at radius 3 is 2.71 bits per heavy atom. The summed E-state index contributed by atoms with van der Waals surface area (Å²) in [5.41, 5.74) is 0.717. The summed E-state index contributed by atoms with van der Waals surface area (Å²) < 4.78 is 0. The van der Waals surface area contributed by atoms with Gasteiger partial charge < -0.3 is 15.5 Å². The number of rotatable bonds is 3. The van der Waals surface area contributed by atoms with Crippen LogP contribution in [0.2, 0.25) is 5.02 Å². The van der Waals surface area contributed by atoms with Crippen LogP contribution in [0.4, 0.5) is 5.69 Å². The Morgan fingerprint density at radius 2 is 2.00 bits per heavy atom. The van der Waals surface area contributed by atoms with E-state index in [1.54, 1.807) is 11.0 Å². The molecule has 0 bridgehead atoms. The first-order valence-electron chi connectivity index (χ1n) is 8.26. The quantitative estimate of drug-likeness (QED) is 0.857. The molecule has 0 saturated carbocycles. The fraction of sp³-hybridized carbons (Fsp3) is 0.529. The Balaban J connectivity index is 0.00000208. The van der Waals surface area contributed by atoms with Crippen LogP contribution in [-0.2, 0) is 9.59 Å². The number of carbonyl (C=O) groups excluding carboxylic acids is 2. The summed E-state index contributed by atoms with van der Waals surface area (Å²) in [6.07, 6.45) is 4.51. The van der Waals surface area contributed by atoms with Crippen molar-refractivity contribution >= 4 is 41.5 Å². The number of piperidine rings is 2. The van der Waals surface area contributed by atoms with E-state index in [1.807, 2.05) is 18.2 Å². The first kappa shape index (κ1) is 19.0. The summed E-state index contributed by atoms with van der Waals surface area (Å²) >= 11 is 6.21. The molecular formula is C17H23Cl2N3O2. The summed E-state index contributed by atoms with van der Waals surface area (Å²) in [5.74, 6) is -0.141. The van der Waals surface area contributed by atoms with Gasteiger partial charge in [0.15, 0.2) is 0 Å². The van der Waals surface area contributed by atoms with E-state index >= 15 is 0 Å². The van der Waals surface area contributed by atoms with Gasteiger partial charge in [-0.25, -0.2) is 0 Å². The number of hydrogen-bond donors (Lipinski definition) is 2. The van der Waals surface area contributed by atoms with Gasteiger partial charge in [-0.15, -0.1) is 12.4 Å². The van der Waals surface area contributed by atoms with E-state index in [2.05, 4.69) is 10.6 Å². The van der Waals surface area contributed by atoms with E-state index in [1.165, 1.54) is 0 Å². The van der Waals surface area contributed by atoms with Crippen LogP contribution in [0, 0.1) is 0 Å². The van der Waals surface area contributed by atoms with Gasteiger partial charge in [0, 0.05) is 6.54 Å². The zero-order chi connectivity index (χ0) is 16.2. The molecule has 0 aromatic heterocycles. The minimum Gasteiger partial charge on any atom is -0.343 e. The molecule has 7 heteroatoms. The predicted molar refractivity (Wildman–Crippen MR) is 97.9 cm³/mol. The zero-order valence-electron chi connectivity index (χ0n) is 13.5. The molecule has 5 nitrogen and oxygen atoms in total. The van der Waals surface area contributed by atoms with Crippen LogP contribution in [0.3, 0.4) is 0 Å². The summed E-state index contributed by atoms with van der Waals surface area (Å²) in [5, 5.41) is 6.70. The summed E-state index contributed by atoms with van der Waals surface area (Å²) in [6, 6.07) is 6.69. The fourth-order valence-corrected chi connectivity index (χ4v) is 3.50. The van der Waals surface area contributed by atoms with Crippen molar-refractivity contribution in [2.24, 2.45) is 0 Å². The third kappa shape index (κ3) is 4.21. The highest BCUT2D eigenvalue weighted by Crippen LogP contribution is 2.28. The number of nitrogens with one attached hydrogen (secondary N) is 2. The molecule has 1 aromatic carbocycles. The minimum atomic E-state index is -0.462. The first-order chi connectivity index (χ1) is 11.2. The second-order valence-corrected chi connectivity index (χ2v) is 6.55. The van der Waals surface area contributed by atoms with Crippen molar-refractivity contribution in [2.45, 2.75) is 44.2 Å². The van der Waals surface area contributed by atoms with Gasteiger partial charge in [0.05, 0.1) is 16.8 Å². The molecule has 2 amide bonds. The maximum atomic E-state index is 12.7. The Bertz CT molecular complexity index is 591. The van der Waals surface area contributed by atoms with Crippen LogP contribution >= 0.6 is 24.0 Å². The average molecular weight is 372 g/mol. The number of benzene rings is 1. The van der Waals surface area contributed by atoms with E-state index in [9.17, 15) is 9.59 Å². The van der Waals surface area contributed by atoms with Gasteiger partial charge in [-0.3, -0.25) is 9.59 Å². The van der Waals surface area contributed by atoms with E-state index in [-0.39, 0.29) is 30.3 Å². The molecule has 132 valence electrons. The Hall–Kier alpha value is -1.30. The lowest BCUT2D eigenvalue weighted by molar-refractivity contribution is -0.129. The van der Waals surface area contributed by atoms with Crippen molar-refractivity contribution < 1.29 is 9.59 Å². The van der Waals surface area contributed by atoms with Crippen LogP contribution in [0.25, 0.3) is 0 Å². The van der Waals surface area contributed by atoms with Gasteiger partial charge in [0.1, 0.15) is 6.04 Å². The molecule has 2 saturated heterocycles. The normalized spacial score (nSPS) is 24.2. The van der Waals surface area contributed by atoms with Crippen LogP contribution < -0.4 is 15.5 Å². The highest BCUT2D eigenvalue weighted by Gasteiger charge is 2.33. The second-order valence-electron chi connectivity index (χ2n) is 6.15. The molecule has 0 aliphatic carbocycles. The molecule has 2 heterocycles. The summed E-state index contributed by atoms with van der Waals surface area (Å²) in [4.78, 5) is 26.8. The predicted octanol–water partition coefficient (Wildman–Crippen LogP) is 2.52. The van der Waals surface area contributed by atoms with Crippen molar-refractivity contribution in [1.82, 2.24) is 10.6 Å². The standard InChI is InChI=1S/C17H22ClN3O2.ClH/c18-12-6-1-2-9-15(12)21-11-5-8-14(17(21)23)20-16(22)13-7-3-4-10-19-13;/h1-2,6,9,13-14,19H,3-5,7-8,10-11H2,(H,20,22);1H. The fourth-order valence-electron chi connectivity index (χ4n) is 3.27. The first-order valence-corrected chi connectivity index (χ1v) is 8.64. The monoisotopic (exact) mass is 371 g/mol. The van der Waals surface area contributed by atoms with Gasteiger partial charge >= 0.3 is 0 Å². The number of hydrogen-bond acceptors (Lipinski definition) is 3. The van der Waals surface area contributed by atoms with E-state index in [0.29, 0.717) is 23.7 Å². The van der Waals surface area contributed by atoms with E-state index < -0.39 is 6.04 Å². The largest absolute Gasteiger partial charge is 0.343 e. The minimum absolute atomic E-state index is 0. The number of halogens is 2. The molecule has 2 N–H and O–H groups in total. The van der Waals surface area contributed by atoms with Gasteiger partial charge in [0.2, 0.25) is 11.8 Å². The number of para-hydroxylation sites is 1. The third-order valence-corrected chi connectivity index (χ3v) is 4.84. The highest BCUT2D eigenvalue weighted by atomic mass is 35.5. The lowest BCUT2D eigenvalue weighted by atomic mass is 10.0. The van der Waals surface area contributed by atoms with Gasteiger partial charge in [0.25, 0.3) is 0 Å². The molecule has 24 heavy (non-hydrogen) atoms. The highest BCUT2D eigenvalue weighted by molar-refractivity contribution is 6.33. The van der Waals surface area contributed by atoms with Crippen molar-refractivity contribution in [2.75, 3.05) is 18.0 Å². The molecule has 2 aliphatic heterocycles. The van der Waals surface area contributed by atoms with Crippen molar-refractivity contribution in [3.63, 3.8) is 0 Å². The van der Waals surface area contributed by atoms with Gasteiger partial charge in [-0.2, -0.15) is 0 Å². The van der Waals surface area contributed by atoms with E-state index in [4.69, 9.17) is 11.6 Å². The SMILES string of the molecule is Cl.O=C(NC1CCCN(c2ccccc2Cl)C1=O)C1CCCCN1. The molecule has 0 spiro atoms. The summed E-state index contributed by atoms with van der Waals surface area (Å²) in [7, 11) is 0. The lowest BCUT2D eigenvalue weighted by Gasteiger charge is -2.34. The Kier molecular flexibility index (Phi) is 6.90. The van der Waals surface area contributed by atoms with Crippen LogP contribution in [0.15, 0.2) is 24.3 Å². The number of anilines is 1. The second kappa shape index (κ2) is 8.70. The Labute approximate surface area is 153 Å². The smallest absolute Gasteiger partial charge is 0.249 e. The number of carbonyl (C=O) groups is 2. The molecule has 2 fully saturated rings. The van der Waals surface area contributed by atoms with Gasteiger partial charge in [-0.05, 0) is 44.4 Å². The molecule has 3 rings (SSSR count). The number of amides is 2. The molecule has 1 aromatic rings. The molecule has 2 atom stereocenters. The molecule has 2 aliphatic rings. The molecule has 0 radical (unpaired) electrons. The molecule has 2 unspecified atom stereocenters. The zero-order valence-corrected chi connectivity index (χ0v) is 15.0. The van der Waals surface area contributed by atoms with Crippen molar-refractivity contribution in [1.29, 1.82) is 0 Å². The maximum Gasteiger partial charge on any atom is 0.249 e. The van der Waals surface area contributed by atoms with Crippen molar-refractivity contribution in [3.8, 4) is 0 Å². The van der Waals surface area contributed by atoms with Crippen molar-refractivity contribution in [3.05, 3.63) is 29.3 Å². The van der Waals surface area contributed by atoms with Crippen LogP contribution in [0.1, 0.15) is 32.1 Å². The average Bonchev–Trinajstić information content (AvgIpc) is 2.58. The summed E-state index contributed by atoms with van der Waals surface area (Å²) in [6.45, 7) is 1.50. The topological polar surface area (TPSA) is 61.4 Å². The lowest BCUT2D eigenvalue weighted by Crippen LogP contribution is -2.56. The van der Waals surface area contributed by atoms with Gasteiger partial charge in [-0.1, -0.05) is 30.2 Å². The Morgan fingerprint density at radius 1 is 1.21 bits per heavy atom. The molecular weight excluding hydrogens is 349 g/mol. The van der Waals surface area contributed by atoms with E-state index in [0.717, 1.165) is 32.2 Å². The number of nitrogens with zero attached hydrogens (tertiary/aromatic N) is 1. The van der Waals surface area contributed by atoms with Crippen LogP contribution in [-0.4, -0.2) is 37.0 Å². The van der Waals surface area contributed by atoms with Crippen LogP contribution in [0.5, 0.6) is 0 Å².